The third kappa shape index (κ3) is 9.27. The van der Waals surface area contributed by atoms with Crippen molar-refractivity contribution in [3.8, 4) is 22.6 Å². The molecule has 5 rings (SSSR count). The van der Waals surface area contributed by atoms with Gasteiger partial charge in [0.1, 0.15) is 17.3 Å². The van der Waals surface area contributed by atoms with E-state index in [1.807, 2.05) is 29.2 Å². The Morgan fingerprint density at radius 3 is 2.38 bits per heavy atom. The van der Waals surface area contributed by atoms with Gasteiger partial charge in [-0.3, -0.25) is 9.69 Å². The lowest BCUT2D eigenvalue weighted by molar-refractivity contribution is -0.136. The molecule has 45 heavy (non-hydrogen) atoms. The van der Waals surface area contributed by atoms with E-state index in [1.165, 1.54) is 11.0 Å². The second-order valence-electron chi connectivity index (χ2n) is 11.8. The number of thioether (sulfide) groups is 1. The summed E-state index contributed by atoms with van der Waals surface area (Å²) < 4.78 is 14.0. The van der Waals surface area contributed by atoms with Crippen LogP contribution < -0.4 is 5.73 Å². The standard InChI is InChI=1S/C34H42ClFN4O3S.ClH/c1-2-44-32-6-4-29(41)20-26(32)22-39-13-15-40(16-14-39)34(43)33(37)23-7-10-38(11-8-23)12-9-24-17-27(35)3-5-31(24)25-18-28(36)21-30(42)19-25;/h3-6,17-21,23,33,41-42H,2,7-16,22,37H2,1H3;1H. The van der Waals surface area contributed by atoms with Crippen molar-refractivity contribution in [2.24, 2.45) is 11.7 Å². The zero-order valence-electron chi connectivity index (χ0n) is 25.6. The molecule has 0 bridgehead atoms. The predicted molar refractivity (Wildman–Crippen MR) is 183 cm³/mol. The van der Waals surface area contributed by atoms with E-state index in [-0.39, 0.29) is 35.7 Å². The molecule has 2 fully saturated rings. The zero-order chi connectivity index (χ0) is 31.2. The molecule has 0 radical (unpaired) electrons. The molecule has 0 aromatic heterocycles. The minimum absolute atomic E-state index is 0. The number of nitrogens with two attached hydrogens (primary N) is 1. The highest BCUT2D eigenvalue weighted by Crippen LogP contribution is 2.31. The van der Waals surface area contributed by atoms with Crippen LogP contribution in [-0.2, 0) is 17.8 Å². The number of likely N-dealkylation sites (tertiary alicyclic amines) is 1. The Hall–Kier alpha value is -2.53. The van der Waals surface area contributed by atoms with E-state index in [9.17, 15) is 19.4 Å². The molecule has 3 aromatic carbocycles. The van der Waals surface area contributed by atoms with Gasteiger partial charge in [0, 0.05) is 55.3 Å². The lowest BCUT2D eigenvalue weighted by atomic mass is 9.88. The maximum atomic E-state index is 14.0. The predicted octanol–water partition coefficient (Wildman–Crippen LogP) is 6.02. The summed E-state index contributed by atoms with van der Waals surface area (Å²) in [5.74, 6) is 0.862. The number of carbonyl (C=O) groups excluding carboxylic acids is 1. The van der Waals surface area contributed by atoms with Gasteiger partial charge in [0.05, 0.1) is 6.04 Å². The summed E-state index contributed by atoms with van der Waals surface area (Å²) >= 11 is 8.08. The number of piperazine rings is 1. The number of hydrogen-bond acceptors (Lipinski definition) is 7. The van der Waals surface area contributed by atoms with Gasteiger partial charge in [-0.1, -0.05) is 24.6 Å². The van der Waals surface area contributed by atoms with Crippen LogP contribution in [0, 0.1) is 11.7 Å². The smallest absolute Gasteiger partial charge is 0.239 e. The van der Waals surface area contributed by atoms with Gasteiger partial charge in [0.25, 0.3) is 0 Å². The van der Waals surface area contributed by atoms with Gasteiger partial charge in [-0.2, -0.15) is 0 Å². The number of nitrogens with zero attached hydrogens (tertiary/aromatic N) is 3. The number of piperidine rings is 1. The zero-order valence-corrected chi connectivity index (χ0v) is 28.0. The Morgan fingerprint density at radius 1 is 0.956 bits per heavy atom. The number of amides is 1. The fraction of sp³-hybridized carbons (Fsp3) is 0.441. The quantitative estimate of drug-likeness (QED) is 0.226. The van der Waals surface area contributed by atoms with E-state index >= 15 is 0 Å². The summed E-state index contributed by atoms with van der Waals surface area (Å²) in [7, 11) is 0. The first-order chi connectivity index (χ1) is 21.2. The van der Waals surface area contributed by atoms with Gasteiger partial charge in [0.2, 0.25) is 5.91 Å². The number of carbonyl (C=O) groups is 1. The number of phenols is 2. The lowest BCUT2D eigenvalue weighted by Crippen LogP contribution is -2.55. The molecule has 1 unspecified atom stereocenters. The topological polar surface area (TPSA) is 93.3 Å². The second kappa shape index (κ2) is 16.3. The number of benzene rings is 3. The molecule has 0 spiro atoms. The van der Waals surface area contributed by atoms with Gasteiger partial charge >= 0.3 is 0 Å². The summed E-state index contributed by atoms with van der Waals surface area (Å²) in [6.45, 7) is 8.29. The highest BCUT2D eigenvalue weighted by atomic mass is 35.5. The molecule has 2 aliphatic heterocycles. The second-order valence-corrected chi connectivity index (χ2v) is 13.5. The van der Waals surface area contributed by atoms with E-state index in [0.717, 1.165) is 87.0 Å². The largest absolute Gasteiger partial charge is 0.508 e. The summed E-state index contributed by atoms with van der Waals surface area (Å²) in [6, 6.07) is 14.7. The third-order valence-corrected chi connectivity index (χ3v) is 10.0. The maximum Gasteiger partial charge on any atom is 0.239 e. The SMILES string of the molecule is CCSc1ccc(O)cc1CN1CCN(C(=O)C(N)C2CCN(CCc3cc(Cl)ccc3-c3cc(O)cc(F)c3)CC2)CC1.Cl. The van der Waals surface area contributed by atoms with E-state index in [0.29, 0.717) is 23.7 Å². The van der Waals surface area contributed by atoms with Crippen molar-refractivity contribution in [3.63, 3.8) is 0 Å². The Kier molecular flexibility index (Phi) is 12.8. The third-order valence-electron chi connectivity index (χ3n) is 8.81. The minimum Gasteiger partial charge on any atom is -0.508 e. The Labute approximate surface area is 280 Å². The molecule has 0 aliphatic carbocycles. The minimum atomic E-state index is -0.498. The van der Waals surface area contributed by atoms with Crippen LogP contribution in [0.5, 0.6) is 11.5 Å². The maximum absolute atomic E-state index is 14.0. The number of phenolic OH excluding ortho intramolecular Hbond substituents is 2. The van der Waals surface area contributed by atoms with Crippen molar-refractivity contribution in [1.29, 1.82) is 0 Å². The summed E-state index contributed by atoms with van der Waals surface area (Å²) in [6.07, 6.45) is 2.46. The number of aromatic hydroxyl groups is 2. The fourth-order valence-electron chi connectivity index (χ4n) is 6.36. The first kappa shape index (κ1) is 35.3. The molecule has 1 atom stereocenters. The summed E-state index contributed by atoms with van der Waals surface area (Å²) in [5.41, 5.74) is 10.2. The van der Waals surface area contributed by atoms with Crippen molar-refractivity contribution in [2.75, 3.05) is 51.6 Å². The van der Waals surface area contributed by atoms with Gasteiger partial charge in [0.15, 0.2) is 0 Å². The average Bonchev–Trinajstić information content (AvgIpc) is 3.01. The van der Waals surface area contributed by atoms with Crippen LogP contribution in [0.2, 0.25) is 5.02 Å². The van der Waals surface area contributed by atoms with Crippen molar-refractivity contribution in [3.05, 3.63) is 76.6 Å². The molecular formula is C34H43Cl2FN4O3S. The Morgan fingerprint density at radius 2 is 1.69 bits per heavy atom. The lowest BCUT2D eigenvalue weighted by Gasteiger charge is -2.39. The van der Waals surface area contributed by atoms with E-state index in [1.54, 1.807) is 30.0 Å². The molecule has 244 valence electrons. The van der Waals surface area contributed by atoms with E-state index in [2.05, 4.69) is 16.7 Å². The van der Waals surface area contributed by atoms with Crippen LogP contribution in [0.15, 0.2) is 59.5 Å². The van der Waals surface area contributed by atoms with Gasteiger partial charge in [-0.15, -0.1) is 24.2 Å². The number of rotatable bonds is 10. The average molecular weight is 678 g/mol. The van der Waals surface area contributed by atoms with Crippen LogP contribution >= 0.6 is 35.8 Å². The van der Waals surface area contributed by atoms with E-state index in [4.69, 9.17) is 17.3 Å². The monoisotopic (exact) mass is 676 g/mol. The van der Waals surface area contributed by atoms with Crippen molar-refractivity contribution in [1.82, 2.24) is 14.7 Å². The first-order valence-electron chi connectivity index (χ1n) is 15.4. The Balaban J connectivity index is 0.00000461. The van der Waals surface area contributed by atoms with E-state index < -0.39 is 11.9 Å². The summed E-state index contributed by atoms with van der Waals surface area (Å²) in [5, 5.41) is 20.5. The molecule has 2 aliphatic rings. The number of halogens is 3. The van der Waals surface area contributed by atoms with Crippen molar-refractivity contribution >= 4 is 41.7 Å². The summed E-state index contributed by atoms with van der Waals surface area (Å²) in [4.78, 5) is 21.2. The van der Waals surface area contributed by atoms with Gasteiger partial charge in [-0.25, -0.2) is 4.39 Å². The van der Waals surface area contributed by atoms with Crippen LogP contribution in [0.25, 0.3) is 11.1 Å². The normalized spacial score (nSPS) is 17.2. The molecule has 2 heterocycles. The highest BCUT2D eigenvalue weighted by molar-refractivity contribution is 7.99. The van der Waals surface area contributed by atoms with Crippen LogP contribution in [-0.4, -0.2) is 88.4 Å². The molecule has 3 aromatic rings. The van der Waals surface area contributed by atoms with Crippen molar-refractivity contribution < 1.29 is 19.4 Å². The molecule has 1 amide bonds. The molecule has 7 nitrogen and oxygen atoms in total. The molecule has 4 N–H and O–H groups in total. The molecule has 0 saturated carbocycles. The van der Waals surface area contributed by atoms with Crippen molar-refractivity contribution in [2.45, 2.75) is 43.7 Å². The first-order valence-corrected chi connectivity index (χ1v) is 16.8. The van der Waals surface area contributed by atoms with Crippen LogP contribution in [0.4, 0.5) is 4.39 Å². The molecular weight excluding hydrogens is 634 g/mol. The molecule has 11 heteroatoms. The van der Waals surface area contributed by atoms with Gasteiger partial charge in [-0.05, 0) is 109 Å². The molecule has 2 saturated heterocycles. The fourth-order valence-corrected chi connectivity index (χ4v) is 7.34. The van der Waals surface area contributed by atoms with Gasteiger partial charge < -0.3 is 25.7 Å². The van der Waals surface area contributed by atoms with Crippen LogP contribution in [0.1, 0.15) is 30.9 Å². The number of hydrogen-bond donors (Lipinski definition) is 3. The Bertz CT molecular complexity index is 1430. The van der Waals surface area contributed by atoms with Crippen LogP contribution in [0.3, 0.4) is 0 Å². The highest BCUT2D eigenvalue weighted by Gasteiger charge is 2.33.